The maximum atomic E-state index is 12.5. The van der Waals surface area contributed by atoms with Gasteiger partial charge in [-0.15, -0.1) is 0 Å². The highest BCUT2D eigenvalue weighted by molar-refractivity contribution is 7.92. The summed E-state index contributed by atoms with van der Waals surface area (Å²) in [4.78, 5) is 24.1. The lowest BCUT2D eigenvalue weighted by Crippen LogP contribution is -2.15. The third kappa shape index (κ3) is 5.03. The topological polar surface area (TPSA) is 102 Å². The second kappa shape index (κ2) is 8.79. The van der Waals surface area contributed by atoms with Gasteiger partial charge in [0.25, 0.3) is 15.9 Å². The zero-order valence-electron chi connectivity index (χ0n) is 16.4. The summed E-state index contributed by atoms with van der Waals surface area (Å²) in [6.07, 6.45) is 0. The molecule has 154 valence electrons. The number of sulfonamides is 1. The molecule has 0 bridgehead atoms. The van der Waals surface area contributed by atoms with Crippen molar-refractivity contribution < 1.29 is 22.7 Å². The van der Waals surface area contributed by atoms with E-state index in [1.165, 1.54) is 37.4 Å². The van der Waals surface area contributed by atoms with Crippen LogP contribution in [0.2, 0.25) is 0 Å². The van der Waals surface area contributed by atoms with Crippen molar-refractivity contribution in [2.24, 2.45) is 0 Å². The lowest BCUT2D eigenvalue weighted by molar-refractivity contribution is 0.0600. The van der Waals surface area contributed by atoms with Crippen molar-refractivity contribution in [3.05, 3.63) is 89.5 Å². The van der Waals surface area contributed by atoms with Crippen LogP contribution in [0.5, 0.6) is 0 Å². The van der Waals surface area contributed by atoms with E-state index in [1.807, 2.05) is 6.92 Å². The van der Waals surface area contributed by atoms with Gasteiger partial charge >= 0.3 is 5.97 Å². The van der Waals surface area contributed by atoms with Gasteiger partial charge in [-0.1, -0.05) is 23.8 Å². The summed E-state index contributed by atoms with van der Waals surface area (Å²) in [5.74, 6) is -0.950. The molecule has 8 heteroatoms. The number of amides is 1. The van der Waals surface area contributed by atoms with Crippen molar-refractivity contribution in [1.82, 2.24) is 0 Å². The Bertz CT molecular complexity index is 1170. The summed E-state index contributed by atoms with van der Waals surface area (Å²) in [5, 5.41) is 2.67. The number of anilines is 2. The Kier molecular flexibility index (Phi) is 6.17. The molecule has 3 aromatic carbocycles. The Hall–Kier alpha value is -3.65. The lowest BCUT2D eigenvalue weighted by Gasteiger charge is -2.10. The maximum Gasteiger partial charge on any atom is 0.337 e. The fraction of sp³-hybridized carbons (Fsp3) is 0.0909. The number of ether oxygens (including phenoxy) is 1. The van der Waals surface area contributed by atoms with Gasteiger partial charge in [-0.3, -0.25) is 9.52 Å². The van der Waals surface area contributed by atoms with E-state index in [2.05, 4.69) is 14.8 Å². The molecule has 3 aromatic rings. The van der Waals surface area contributed by atoms with Crippen LogP contribution in [0.4, 0.5) is 11.4 Å². The van der Waals surface area contributed by atoms with E-state index in [0.717, 1.165) is 5.56 Å². The first kappa shape index (κ1) is 21.1. The average molecular weight is 424 g/mol. The predicted molar refractivity (Wildman–Crippen MR) is 114 cm³/mol. The van der Waals surface area contributed by atoms with Gasteiger partial charge in [0.05, 0.1) is 17.6 Å². The van der Waals surface area contributed by atoms with E-state index in [4.69, 9.17) is 0 Å². The zero-order valence-corrected chi connectivity index (χ0v) is 17.2. The van der Waals surface area contributed by atoms with Crippen LogP contribution in [0, 0.1) is 6.92 Å². The average Bonchev–Trinajstić information content (AvgIpc) is 2.75. The van der Waals surface area contributed by atoms with Crippen molar-refractivity contribution >= 4 is 33.3 Å². The lowest BCUT2D eigenvalue weighted by atomic mass is 10.1. The molecule has 30 heavy (non-hydrogen) atoms. The molecule has 1 amide bonds. The van der Waals surface area contributed by atoms with E-state index in [1.54, 1.807) is 42.5 Å². The number of benzene rings is 3. The molecule has 2 N–H and O–H groups in total. The van der Waals surface area contributed by atoms with Gasteiger partial charge in [0.2, 0.25) is 0 Å². The Morgan fingerprint density at radius 1 is 0.833 bits per heavy atom. The van der Waals surface area contributed by atoms with Crippen LogP contribution >= 0.6 is 0 Å². The number of esters is 1. The van der Waals surface area contributed by atoms with Gasteiger partial charge in [-0.05, 0) is 61.5 Å². The summed E-state index contributed by atoms with van der Waals surface area (Å²) in [5.41, 5.74) is 2.46. The van der Waals surface area contributed by atoms with E-state index in [-0.39, 0.29) is 10.5 Å². The predicted octanol–water partition coefficient (Wildman–Crippen LogP) is 3.83. The normalized spacial score (nSPS) is 10.9. The Balaban J connectivity index is 1.72. The van der Waals surface area contributed by atoms with E-state index in [9.17, 15) is 18.0 Å². The number of carbonyl (C=O) groups excluding carboxylic acids is 2. The van der Waals surface area contributed by atoms with Crippen LogP contribution in [0.3, 0.4) is 0 Å². The van der Waals surface area contributed by atoms with Crippen LogP contribution in [0.1, 0.15) is 26.3 Å². The fourth-order valence-corrected chi connectivity index (χ4v) is 3.72. The van der Waals surface area contributed by atoms with Crippen LogP contribution < -0.4 is 10.0 Å². The molecule has 0 saturated heterocycles. The van der Waals surface area contributed by atoms with Crippen LogP contribution in [0.25, 0.3) is 0 Å². The van der Waals surface area contributed by atoms with Crippen molar-refractivity contribution in [3.63, 3.8) is 0 Å². The van der Waals surface area contributed by atoms with Gasteiger partial charge in [0.1, 0.15) is 0 Å². The molecule has 0 aliphatic heterocycles. The molecule has 0 aliphatic rings. The summed E-state index contributed by atoms with van der Waals surface area (Å²) in [7, 11) is -2.50. The molecule has 0 atom stereocenters. The molecule has 0 unspecified atom stereocenters. The first-order valence-corrected chi connectivity index (χ1v) is 10.5. The monoisotopic (exact) mass is 424 g/mol. The molecule has 0 radical (unpaired) electrons. The highest BCUT2D eigenvalue weighted by Gasteiger charge is 2.16. The molecular weight excluding hydrogens is 404 g/mol. The number of carbonyl (C=O) groups is 2. The van der Waals surface area contributed by atoms with Crippen molar-refractivity contribution in [2.75, 3.05) is 17.1 Å². The highest BCUT2D eigenvalue weighted by atomic mass is 32.2. The first-order valence-electron chi connectivity index (χ1n) is 8.98. The molecule has 0 heterocycles. The van der Waals surface area contributed by atoms with E-state index >= 15 is 0 Å². The molecule has 0 saturated carbocycles. The quantitative estimate of drug-likeness (QED) is 0.586. The van der Waals surface area contributed by atoms with Gasteiger partial charge in [0, 0.05) is 16.9 Å². The number of hydrogen-bond donors (Lipinski definition) is 2. The Morgan fingerprint density at radius 2 is 1.50 bits per heavy atom. The molecule has 3 rings (SSSR count). The molecular formula is C22H20N2O5S. The summed E-state index contributed by atoms with van der Waals surface area (Å²) in [6, 6.07) is 18.8. The second-order valence-corrected chi connectivity index (χ2v) is 8.20. The van der Waals surface area contributed by atoms with Crippen molar-refractivity contribution in [1.29, 1.82) is 0 Å². The van der Waals surface area contributed by atoms with Crippen LogP contribution in [-0.4, -0.2) is 27.4 Å². The van der Waals surface area contributed by atoms with E-state index < -0.39 is 21.9 Å². The second-order valence-electron chi connectivity index (χ2n) is 6.52. The summed E-state index contributed by atoms with van der Waals surface area (Å²) < 4.78 is 32.2. The number of methoxy groups -OCH3 is 1. The summed E-state index contributed by atoms with van der Waals surface area (Å²) >= 11 is 0. The first-order chi connectivity index (χ1) is 14.3. The molecule has 0 aliphatic carbocycles. The third-order valence-electron chi connectivity index (χ3n) is 4.27. The largest absolute Gasteiger partial charge is 0.465 e. The Morgan fingerprint density at radius 3 is 2.13 bits per heavy atom. The van der Waals surface area contributed by atoms with Crippen molar-refractivity contribution in [3.8, 4) is 0 Å². The number of rotatable bonds is 6. The minimum absolute atomic E-state index is 0.0345. The number of nitrogens with one attached hydrogen (secondary N) is 2. The molecule has 0 fully saturated rings. The minimum atomic E-state index is -3.78. The minimum Gasteiger partial charge on any atom is -0.465 e. The molecule has 0 spiro atoms. The summed E-state index contributed by atoms with van der Waals surface area (Å²) in [6.45, 7) is 1.91. The zero-order chi connectivity index (χ0) is 21.7. The number of aryl methyl sites for hydroxylation is 1. The standard InChI is InChI=1S/C22H20N2O5S/c1-15-6-10-18(11-7-15)24-30(27,28)20-12-8-16(9-13-20)21(25)23-19-5-3-4-17(14-19)22(26)29-2/h3-14,24H,1-2H3,(H,23,25). The fourth-order valence-electron chi connectivity index (χ4n) is 2.67. The van der Waals surface area contributed by atoms with Gasteiger partial charge in [-0.25, -0.2) is 13.2 Å². The van der Waals surface area contributed by atoms with Gasteiger partial charge in [0.15, 0.2) is 0 Å². The van der Waals surface area contributed by atoms with E-state index in [0.29, 0.717) is 16.9 Å². The molecule has 0 aromatic heterocycles. The third-order valence-corrected chi connectivity index (χ3v) is 5.67. The van der Waals surface area contributed by atoms with Crippen LogP contribution in [-0.2, 0) is 14.8 Å². The number of hydrogen-bond acceptors (Lipinski definition) is 5. The molecule has 7 nitrogen and oxygen atoms in total. The van der Waals surface area contributed by atoms with Gasteiger partial charge in [-0.2, -0.15) is 0 Å². The highest BCUT2D eigenvalue weighted by Crippen LogP contribution is 2.18. The SMILES string of the molecule is COC(=O)c1cccc(NC(=O)c2ccc(S(=O)(=O)Nc3ccc(C)cc3)cc2)c1. The van der Waals surface area contributed by atoms with Crippen molar-refractivity contribution in [2.45, 2.75) is 11.8 Å². The van der Waals surface area contributed by atoms with Gasteiger partial charge < -0.3 is 10.1 Å². The Labute approximate surface area is 174 Å². The maximum absolute atomic E-state index is 12.5. The van der Waals surface area contributed by atoms with Crippen LogP contribution in [0.15, 0.2) is 77.7 Å². The smallest absolute Gasteiger partial charge is 0.337 e.